The first-order valence-corrected chi connectivity index (χ1v) is 5.73. The minimum atomic E-state index is -2.54. The maximum Gasteiger partial charge on any atom is 0.323 e. The Morgan fingerprint density at radius 3 is 2.71 bits per heavy atom. The number of para-hydroxylation sites is 1. The Morgan fingerprint density at radius 2 is 2.12 bits per heavy atom. The summed E-state index contributed by atoms with van der Waals surface area (Å²) in [5, 5.41) is 0. The van der Waals surface area contributed by atoms with Gasteiger partial charge in [-0.2, -0.15) is 4.39 Å². The first-order valence-electron chi connectivity index (χ1n) is 4.16. The van der Waals surface area contributed by atoms with Crippen LogP contribution in [-0.4, -0.2) is 15.9 Å². The zero-order chi connectivity index (χ0) is 12.9. The lowest BCUT2D eigenvalue weighted by Crippen LogP contribution is -2.05. The number of halogens is 3. The fraction of sp³-hybridized carbons (Fsp3) is 0.111. The summed E-state index contributed by atoms with van der Waals surface area (Å²) in [6.45, 7) is 0. The smallest absolute Gasteiger partial charge is 0.323 e. The predicted molar refractivity (Wildman–Crippen MR) is 65.7 cm³/mol. The number of rotatable bonds is 4. The first kappa shape index (κ1) is 14.0. The van der Waals surface area contributed by atoms with Crippen LogP contribution in [0.5, 0.6) is 0 Å². The molecular formula is C9H5Cl2FN2O2S. The Hall–Kier alpha value is -1.07. The van der Waals surface area contributed by atoms with Crippen molar-refractivity contribution in [2.24, 2.45) is 4.99 Å². The fourth-order valence-electron chi connectivity index (χ4n) is 0.973. The summed E-state index contributed by atoms with van der Waals surface area (Å²) in [7, 11) is 0. The van der Waals surface area contributed by atoms with Crippen LogP contribution >= 0.6 is 35.1 Å². The molecule has 0 bridgehead atoms. The monoisotopic (exact) mass is 294 g/mol. The zero-order valence-electron chi connectivity index (χ0n) is 8.12. The molecule has 0 unspecified atom stereocenters. The van der Waals surface area contributed by atoms with E-state index in [4.69, 9.17) is 23.2 Å². The summed E-state index contributed by atoms with van der Waals surface area (Å²) in [6.07, 6.45) is 1.13. The number of benzene rings is 1. The topological polar surface area (TPSA) is 58.5 Å². The Balaban J connectivity index is 2.92. The van der Waals surface area contributed by atoms with Crippen LogP contribution in [0.15, 0.2) is 29.3 Å². The molecular weight excluding hydrogens is 290 g/mol. The number of carbonyl (C=O) groups is 1. The van der Waals surface area contributed by atoms with Crippen LogP contribution in [0.4, 0.5) is 10.1 Å². The molecule has 0 aliphatic carbocycles. The van der Waals surface area contributed by atoms with E-state index in [2.05, 4.69) is 9.71 Å². The van der Waals surface area contributed by atoms with Crippen LogP contribution in [0.3, 0.4) is 0 Å². The molecule has 1 aromatic carbocycles. The summed E-state index contributed by atoms with van der Waals surface area (Å²) >= 11 is 10.6. The third-order valence-corrected chi connectivity index (χ3v) is 2.60. The average molecular weight is 295 g/mol. The lowest BCUT2D eigenvalue weighted by Gasteiger charge is -2.12. The van der Waals surface area contributed by atoms with Crippen LogP contribution in [0.2, 0.25) is 0 Å². The maximum atomic E-state index is 12.8. The van der Waals surface area contributed by atoms with E-state index >= 15 is 0 Å². The van der Waals surface area contributed by atoms with Crippen molar-refractivity contribution in [3.8, 4) is 0 Å². The molecule has 0 saturated heterocycles. The third-order valence-electron chi connectivity index (χ3n) is 1.58. The van der Waals surface area contributed by atoms with Crippen LogP contribution in [0.1, 0.15) is 10.4 Å². The van der Waals surface area contributed by atoms with Crippen LogP contribution < -0.4 is 4.72 Å². The van der Waals surface area contributed by atoms with E-state index in [0.717, 1.165) is 6.08 Å². The molecule has 0 fully saturated rings. The van der Waals surface area contributed by atoms with Gasteiger partial charge in [0.1, 0.15) is 0 Å². The van der Waals surface area contributed by atoms with Gasteiger partial charge in [-0.3, -0.25) is 4.79 Å². The molecule has 90 valence electrons. The number of carbonyl (C=O) groups excluding carboxylic acids is 2. The Morgan fingerprint density at radius 1 is 1.47 bits per heavy atom. The highest BCUT2D eigenvalue weighted by Gasteiger charge is 2.24. The summed E-state index contributed by atoms with van der Waals surface area (Å²) in [4.78, 5) is 24.3. The van der Waals surface area contributed by atoms with Crippen LogP contribution in [0, 0.1) is 0 Å². The van der Waals surface area contributed by atoms with Gasteiger partial charge in [0.2, 0.25) is 6.08 Å². The fourth-order valence-corrected chi connectivity index (χ4v) is 1.61. The van der Waals surface area contributed by atoms with Gasteiger partial charge in [-0.15, -0.1) is 4.99 Å². The van der Waals surface area contributed by atoms with E-state index in [-0.39, 0.29) is 11.3 Å². The first-order chi connectivity index (χ1) is 7.94. The summed E-state index contributed by atoms with van der Waals surface area (Å²) in [6, 6.07) is 6.06. The van der Waals surface area contributed by atoms with Gasteiger partial charge in [-0.1, -0.05) is 35.3 Å². The van der Waals surface area contributed by atoms with Crippen LogP contribution in [-0.2, 0) is 4.79 Å². The zero-order valence-corrected chi connectivity index (χ0v) is 10.4. The van der Waals surface area contributed by atoms with Crippen molar-refractivity contribution < 1.29 is 14.0 Å². The largest absolute Gasteiger partial charge is 0.324 e. The lowest BCUT2D eigenvalue weighted by molar-refractivity contribution is 0.100. The van der Waals surface area contributed by atoms with Gasteiger partial charge in [0.05, 0.1) is 11.3 Å². The molecule has 1 amide bonds. The highest BCUT2D eigenvalue weighted by molar-refractivity contribution is 8.04. The number of alkyl halides is 3. The van der Waals surface area contributed by atoms with E-state index in [9.17, 15) is 14.0 Å². The average Bonchev–Trinajstić information content (AvgIpc) is 2.26. The normalized spacial score (nSPS) is 10.5. The second-order valence-electron chi connectivity index (χ2n) is 2.70. The van der Waals surface area contributed by atoms with Gasteiger partial charge >= 0.3 is 3.92 Å². The minimum absolute atomic E-state index is 0.0842. The van der Waals surface area contributed by atoms with Crippen LogP contribution in [0.25, 0.3) is 0 Å². The quantitative estimate of drug-likeness (QED) is 0.401. The molecule has 4 nitrogen and oxygen atoms in total. The van der Waals surface area contributed by atoms with Gasteiger partial charge < -0.3 is 4.72 Å². The summed E-state index contributed by atoms with van der Waals surface area (Å²) in [5.41, 5.74) is 0.325. The molecule has 1 aromatic rings. The van der Waals surface area contributed by atoms with Crippen molar-refractivity contribution in [3.05, 3.63) is 29.8 Å². The van der Waals surface area contributed by atoms with Gasteiger partial charge in [0, 0.05) is 11.9 Å². The number of hydrogen-bond donors (Lipinski definition) is 1. The third kappa shape index (κ3) is 4.75. The highest BCUT2D eigenvalue weighted by atomic mass is 35.5. The molecule has 0 spiro atoms. The van der Waals surface area contributed by atoms with Crippen molar-refractivity contribution in [3.63, 3.8) is 0 Å². The predicted octanol–water partition coefficient (Wildman–Crippen LogP) is 3.28. The molecule has 0 saturated carbocycles. The number of isocyanates is 1. The second-order valence-corrected chi connectivity index (χ2v) is 5.36. The van der Waals surface area contributed by atoms with E-state index in [1.807, 2.05) is 0 Å². The number of aliphatic imine (C=N–C) groups is 1. The molecule has 17 heavy (non-hydrogen) atoms. The van der Waals surface area contributed by atoms with Crippen molar-refractivity contribution >= 4 is 52.8 Å². The Bertz CT molecular complexity index is 472. The van der Waals surface area contributed by atoms with Gasteiger partial charge in [-0.05, 0) is 12.1 Å². The Kier molecular flexibility index (Phi) is 4.96. The number of anilines is 1. The van der Waals surface area contributed by atoms with Gasteiger partial charge in [0.15, 0.2) is 0 Å². The molecule has 0 atom stereocenters. The molecule has 0 radical (unpaired) electrons. The van der Waals surface area contributed by atoms with Gasteiger partial charge in [-0.25, -0.2) is 4.79 Å². The summed E-state index contributed by atoms with van der Waals surface area (Å²) < 4.78 is 12.7. The highest BCUT2D eigenvalue weighted by Crippen LogP contribution is 2.36. The molecule has 8 heteroatoms. The number of hydrogen-bond acceptors (Lipinski definition) is 4. The summed E-state index contributed by atoms with van der Waals surface area (Å²) in [5.74, 6) is -0.794. The maximum absolute atomic E-state index is 12.8. The lowest BCUT2D eigenvalue weighted by atomic mass is 10.2. The van der Waals surface area contributed by atoms with E-state index in [0.29, 0.717) is 11.9 Å². The van der Waals surface area contributed by atoms with E-state index < -0.39 is 9.83 Å². The molecule has 0 aliphatic heterocycles. The molecule has 0 aromatic heterocycles. The number of nitrogens with zero attached hydrogens (tertiary/aromatic N) is 1. The van der Waals surface area contributed by atoms with Gasteiger partial charge in [0.25, 0.3) is 5.91 Å². The van der Waals surface area contributed by atoms with Crippen molar-refractivity contribution in [2.75, 3.05) is 4.72 Å². The minimum Gasteiger partial charge on any atom is -0.324 e. The molecule has 1 N–H and O–H groups in total. The molecule has 0 heterocycles. The van der Waals surface area contributed by atoms with E-state index in [1.165, 1.54) is 12.1 Å². The van der Waals surface area contributed by atoms with Crippen molar-refractivity contribution in [1.29, 1.82) is 0 Å². The SMILES string of the molecule is O=C=NC(=O)c1ccccc1NSC(F)(Cl)Cl. The van der Waals surface area contributed by atoms with Crippen molar-refractivity contribution in [1.82, 2.24) is 0 Å². The van der Waals surface area contributed by atoms with Crippen molar-refractivity contribution in [2.45, 2.75) is 3.92 Å². The molecule has 1 rings (SSSR count). The number of amides is 1. The Labute approximate surface area is 110 Å². The second kappa shape index (κ2) is 6.02. The standard InChI is InChI=1S/C9H5Cl2FN2O2S/c10-9(11,12)17-14-7-4-2-1-3-6(7)8(16)13-5-15/h1-4,14H. The molecule has 0 aliphatic rings. The van der Waals surface area contributed by atoms with E-state index in [1.54, 1.807) is 12.1 Å². The number of nitrogens with one attached hydrogen (secondary N) is 1.